The lowest BCUT2D eigenvalue weighted by Gasteiger charge is -2.45. The number of fused-ring (bicyclic) bond motifs is 1. The molecule has 2 aliphatic rings. The lowest BCUT2D eigenvalue weighted by atomic mass is 9.97. The second-order valence-electron chi connectivity index (χ2n) is 5.57. The minimum Gasteiger partial charge on any atom is -0.331 e. The number of carbonyl (C=O) groups is 1. The Kier molecular flexibility index (Phi) is 2.54. The van der Waals surface area contributed by atoms with E-state index >= 15 is 0 Å². The molecule has 0 aromatic rings. The molecule has 0 saturated carbocycles. The van der Waals surface area contributed by atoms with Crippen LogP contribution in [0, 0.1) is 0 Å². The van der Waals surface area contributed by atoms with Crippen LogP contribution in [0.3, 0.4) is 0 Å². The van der Waals surface area contributed by atoms with Crippen molar-refractivity contribution in [1.29, 1.82) is 0 Å². The second kappa shape index (κ2) is 3.43. The molecule has 2 rings (SSSR count). The molecule has 16 heavy (non-hydrogen) atoms. The van der Waals surface area contributed by atoms with Gasteiger partial charge in [0.2, 0.25) is 5.91 Å². The highest BCUT2D eigenvalue weighted by atomic mass is 32.2. The van der Waals surface area contributed by atoms with Gasteiger partial charge in [-0.05, 0) is 20.8 Å². The number of hydrogen-bond acceptors (Lipinski definition) is 4. The molecule has 0 aromatic carbocycles. The van der Waals surface area contributed by atoms with Crippen LogP contribution in [0.2, 0.25) is 0 Å². The van der Waals surface area contributed by atoms with E-state index in [1.807, 2.05) is 20.8 Å². The van der Waals surface area contributed by atoms with Crippen LogP contribution < -0.4 is 5.32 Å². The normalized spacial score (nSPS) is 33.9. The van der Waals surface area contributed by atoms with E-state index < -0.39 is 9.84 Å². The summed E-state index contributed by atoms with van der Waals surface area (Å²) in [5.41, 5.74) is -0.318. The number of piperazine rings is 1. The van der Waals surface area contributed by atoms with Gasteiger partial charge in [-0.1, -0.05) is 0 Å². The van der Waals surface area contributed by atoms with Crippen molar-refractivity contribution in [2.45, 2.75) is 38.4 Å². The lowest BCUT2D eigenvalue weighted by molar-refractivity contribution is -0.141. The van der Waals surface area contributed by atoms with E-state index in [2.05, 4.69) is 5.32 Å². The van der Waals surface area contributed by atoms with Crippen molar-refractivity contribution in [3.63, 3.8) is 0 Å². The van der Waals surface area contributed by atoms with Crippen LogP contribution in [-0.2, 0) is 14.6 Å². The number of nitrogens with one attached hydrogen (secondary N) is 1. The van der Waals surface area contributed by atoms with Crippen molar-refractivity contribution in [3.8, 4) is 0 Å². The SMILES string of the molecule is CC(C)(C)N1C(=O)CNC2CS(=O)(=O)CC21. The summed E-state index contributed by atoms with van der Waals surface area (Å²) in [5, 5.41) is 3.02. The van der Waals surface area contributed by atoms with E-state index in [4.69, 9.17) is 0 Å². The smallest absolute Gasteiger partial charge is 0.237 e. The van der Waals surface area contributed by atoms with E-state index in [0.717, 1.165) is 0 Å². The highest BCUT2D eigenvalue weighted by molar-refractivity contribution is 7.91. The molecule has 0 spiro atoms. The van der Waals surface area contributed by atoms with Gasteiger partial charge in [-0.25, -0.2) is 8.42 Å². The third-order valence-corrected chi connectivity index (χ3v) is 4.88. The van der Waals surface area contributed by atoms with E-state index in [1.165, 1.54) is 0 Å². The van der Waals surface area contributed by atoms with Crippen LogP contribution in [0.5, 0.6) is 0 Å². The van der Waals surface area contributed by atoms with Gasteiger partial charge in [-0.15, -0.1) is 0 Å². The predicted octanol–water partition coefficient (Wildman–Crippen LogP) is -0.618. The molecule has 1 amide bonds. The molecule has 5 nitrogen and oxygen atoms in total. The first-order valence-electron chi connectivity index (χ1n) is 5.47. The third kappa shape index (κ3) is 1.96. The van der Waals surface area contributed by atoms with Crippen LogP contribution in [0.15, 0.2) is 0 Å². The molecule has 2 unspecified atom stereocenters. The number of carbonyl (C=O) groups excluding carboxylic acids is 1. The minimum atomic E-state index is -3.00. The fourth-order valence-corrected chi connectivity index (χ4v) is 4.56. The minimum absolute atomic E-state index is 0.00847. The summed E-state index contributed by atoms with van der Waals surface area (Å²) in [4.78, 5) is 13.6. The number of sulfone groups is 1. The highest BCUT2D eigenvalue weighted by Crippen LogP contribution is 2.28. The van der Waals surface area contributed by atoms with Crippen molar-refractivity contribution < 1.29 is 13.2 Å². The van der Waals surface area contributed by atoms with Gasteiger partial charge < -0.3 is 10.2 Å². The average Bonchev–Trinajstić information content (AvgIpc) is 2.35. The van der Waals surface area contributed by atoms with Crippen LogP contribution in [0.1, 0.15) is 20.8 Å². The molecule has 92 valence electrons. The molecule has 2 atom stereocenters. The standard InChI is InChI=1S/C10H18N2O3S/c1-10(2,3)12-8-6-16(14,15)5-7(8)11-4-9(12)13/h7-8,11H,4-6H2,1-3H3. The second-order valence-corrected chi connectivity index (χ2v) is 7.72. The summed E-state index contributed by atoms with van der Waals surface area (Å²) in [6.07, 6.45) is 0. The van der Waals surface area contributed by atoms with Crippen molar-refractivity contribution in [2.24, 2.45) is 0 Å². The zero-order valence-corrected chi connectivity index (χ0v) is 10.7. The fraction of sp³-hybridized carbons (Fsp3) is 0.900. The Hall–Kier alpha value is -0.620. The summed E-state index contributed by atoms with van der Waals surface area (Å²) in [6.45, 7) is 6.07. The van der Waals surface area contributed by atoms with Crippen LogP contribution in [0.4, 0.5) is 0 Å². The number of rotatable bonds is 0. The van der Waals surface area contributed by atoms with Gasteiger partial charge in [-0.3, -0.25) is 4.79 Å². The molecular weight excluding hydrogens is 228 g/mol. The summed E-state index contributed by atoms with van der Waals surface area (Å²) in [5.74, 6) is 0.233. The molecule has 2 heterocycles. The Labute approximate surface area is 96.1 Å². The van der Waals surface area contributed by atoms with Gasteiger partial charge in [-0.2, -0.15) is 0 Å². The van der Waals surface area contributed by atoms with Crippen LogP contribution in [0.25, 0.3) is 0 Å². The molecule has 2 aliphatic heterocycles. The molecule has 0 bridgehead atoms. The molecule has 1 N–H and O–H groups in total. The summed E-state index contributed by atoms with van der Waals surface area (Å²) in [7, 11) is -3.00. The molecular formula is C10H18N2O3S. The van der Waals surface area contributed by atoms with Crippen LogP contribution in [-0.4, -0.2) is 54.9 Å². The van der Waals surface area contributed by atoms with E-state index in [9.17, 15) is 13.2 Å². The Morgan fingerprint density at radius 1 is 1.31 bits per heavy atom. The quantitative estimate of drug-likeness (QED) is 0.619. The molecule has 2 fully saturated rings. The molecule has 0 radical (unpaired) electrons. The van der Waals surface area contributed by atoms with Crippen molar-refractivity contribution in [3.05, 3.63) is 0 Å². The van der Waals surface area contributed by atoms with Crippen LogP contribution >= 0.6 is 0 Å². The van der Waals surface area contributed by atoms with Gasteiger partial charge in [0, 0.05) is 11.6 Å². The molecule has 2 saturated heterocycles. The zero-order valence-electron chi connectivity index (χ0n) is 9.86. The predicted molar refractivity (Wildman–Crippen MR) is 60.8 cm³/mol. The summed E-state index contributed by atoms with van der Waals surface area (Å²) >= 11 is 0. The number of hydrogen-bond donors (Lipinski definition) is 1. The largest absolute Gasteiger partial charge is 0.331 e. The monoisotopic (exact) mass is 246 g/mol. The highest BCUT2D eigenvalue weighted by Gasteiger charge is 2.48. The van der Waals surface area contributed by atoms with Gasteiger partial charge >= 0.3 is 0 Å². The maximum atomic E-state index is 11.9. The maximum Gasteiger partial charge on any atom is 0.237 e. The Morgan fingerprint density at radius 2 is 1.94 bits per heavy atom. The average molecular weight is 246 g/mol. The van der Waals surface area contributed by atoms with Crippen molar-refractivity contribution in [2.75, 3.05) is 18.1 Å². The van der Waals surface area contributed by atoms with Gasteiger partial charge in [0.05, 0.1) is 24.1 Å². The van der Waals surface area contributed by atoms with Gasteiger partial charge in [0.25, 0.3) is 0 Å². The Bertz CT molecular complexity index is 410. The topological polar surface area (TPSA) is 66.5 Å². The summed E-state index contributed by atoms with van der Waals surface area (Å²) < 4.78 is 23.2. The van der Waals surface area contributed by atoms with Crippen molar-refractivity contribution >= 4 is 15.7 Å². The Balaban J connectivity index is 2.33. The first-order chi connectivity index (χ1) is 7.21. The third-order valence-electron chi connectivity index (χ3n) is 3.16. The summed E-state index contributed by atoms with van der Waals surface area (Å²) in [6, 6.07) is -0.298. The van der Waals surface area contributed by atoms with Gasteiger partial charge in [0.1, 0.15) is 0 Å². The first-order valence-corrected chi connectivity index (χ1v) is 7.29. The van der Waals surface area contributed by atoms with E-state index in [0.29, 0.717) is 0 Å². The van der Waals surface area contributed by atoms with E-state index in [-0.39, 0.29) is 41.6 Å². The molecule has 0 aliphatic carbocycles. The van der Waals surface area contributed by atoms with E-state index in [1.54, 1.807) is 4.90 Å². The lowest BCUT2D eigenvalue weighted by Crippen LogP contribution is -2.65. The molecule has 6 heteroatoms. The zero-order chi connectivity index (χ0) is 12.1. The maximum absolute atomic E-state index is 11.9. The molecule has 0 aromatic heterocycles. The number of nitrogens with zero attached hydrogens (tertiary/aromatic N) is 1. The van der Waals surface area contributed by atoms with Gasteiger partial charge in [0.15, 0.2) is 9.84 Å². The first kappa shape index (κ1) is 11.9. The fourth-order valence-electron chi connectivity index (χ4n) is 2.64. The number of amides is 1. The Morgan fingerprint density at radius 3 is 2.50 bits per heavy atom. The van der Waals surface area contributed by atoms with Crippen molar-refractivity contribution in [1.82, 2.24) is 10.2 Å².